The average molecular weight is 237 g/mol. The molecular formula is C13H19NOS. The lowest BCUT2D eigenvalue weighted by Gasteiger charge is -2.25. The van der Waals surface area contributed by atoms with E-state index in [4.69, 9.17) is 4.74 Å². The van der Waals surface area contributed by atoms with Gasteiger partial charge in [0.25, 0.3) is 0 Å². The van der Waals surface area contributed by atoms with E-state index < -0.39 is 0 Å². The number of ether oxygens (including phenoxy) is 1. The van der Waals surface area contributed by atoms with Crippen LogP contribution in [0.1, 0.15) is 24.9 Å². The van der Waals surface area contributed by atoms with Crippen LogP contribution in [0.5, 0.6) is 0 Å². The van der Waals surface area contributed by atoms with Crippen LogP contribution in [0.3, 0.4) is 0 Å². The van der Waals surface area contributed by atoms with E-state index in [9.17, 15) is 0 Å². The first kappa shape index (κ1) is 12.0. The van der Waals surface area contributed by atoms with Crippen LogP contribution in [0.15, 0.2) is 29.2 Å². The fourth-order valence-electron chi connectivity index (χ4n) is 2.00. The zero-order valence-corrected chi connectivity index (χ0v) is 10.6. The van der Waals surface area contributed by atoms with E-state index in [1.54, 1.807) is 0 Å². The Labute approximate surface area is 102 Å². The fraction of sp³-hybridized carbons (Fsp3) is 0.538. The van der Waals surface area contributed by atoms with Crippen LogP contribution < -0.4 is 5.32 Å². The zero-order valence-electron chi connectivity index (χ0n) is 9.74. The summed E-state index contributed by atoms with van der Waals surface area (Å²) in [7, 11) is 0. The topological polar surface area (TPSA) is 21.3 Å². The van der Waals surface area contributed by atoms with E-state index in [1.165, 1.54) is 22.6 Å². The van der Waals surface area contributed by atoms with Crippen molar-refractivity contribution in [1.82, 2.24) is 5.32 Å². The van der Waals surface area contributed by atoms with Crippen molar-refractivity contribution >= 4 is 11.8 Å². The van der Waals surface area contributed by atoms with Gasteiger partial charge in [-0.3, -0.25) is 0 Å². The van der Waals surface area contributed by atoms with Crippen molar-refractivity contribution in [1.29, 1.82) is 0 Å². The molecule has 16 heavy (non-hydrogen) atoms. The van der Waals surface area contributed by atoms with Gasteiger partial charge in [-0.25, -0.2) is 0 Å². The van der Waals surface area contributed by atoms with E-state index in [-0.39, 0.29) is 0 Å². The van der Waals surface area contributed by atoms with Gasteiger partial charge in [-0.2, -0.15) is 0 Å². The van der Waals surface area contributed by atoms with Gasteiger partial charge < -0.3 is 10.1 Å². The Morgan fingerprint density at radius 2 is 2.31 bits per heavy atom. The number of fused-ring (bicyclic) bond motifs is 1. The Morgan fingerprint density at radius 3 is 3.19 bits per heavy atom. The predicted octanol–water partition coefficient (Wildman–Crippen LogP) is 2.85. The molecule has 0 saturated heterocycles. The van der Waals surface area contributed by atoms with Crippen molar-refractivity contribution in [2.45, 2.75) is 24.3 Å². The normalized spacial score (nSPS) is 19.4. The number of hydrogen-bond acceptors (Lipinski definition) is 3. The highest BCUT2D eigenvalue weighted by atomic mass is 32.2. The first-order chi connectivity index (χ1) is 7.92. The number of benzene rings is 1. The summed E-state index contributed by atoms with van der Waals surface area (Å²) in [5, 5.41) is 3.57. The van der Waals surface area contributed by atoms with E-state index >= 15 is 0 Å². The third-order valence-electron chi connectivity index (χ3n) is 2.80. The molecule has 1 aromatic carbocycles. The maximum Gasteiger partial charge on any atom is 0.0590 e. The zero-order chi connectivity index (χ0) is 11.2. The molecule has 0 amide bonds. The second kappa shape index (κ2) is 6.28. The molecule has 3 heteroatoms. The lowest BCUT2D eigenvalue weighted by atomic mass is 10.0. The Hall–Kier alpha value is -0.510. The van der Waals surface area contributed by atoms with Crippen molar-refractivity contribution in [3.8, 4) is 0 Å². The molecule has 0 bridgehead atoms. The number of thioether (sulfide) groups is 1. The Morgan fingerprint density at radius 1 is 1.44 bits per heavy atom. The van der Waals surface area contributed by atoms with Crippen LogP contribution in [-0.4, -0.2) is 25.5 Å². The molecule has 0 spiro atoms. The number of nitrogens with one attached hydrogen (secondary N) is 1. The molecule has 1 unspecified atom stereocenters. The summed E-state index contributed by atoms with van der Waals surface area (Å²) in [6.45, 7) is 4.59. The van der Waals surface area contributed by atoms with Crippen molar-refractivity contribution in [3.05, 3.63) is 29.8 Å². The predicted molar refractivity (Wildman–Crippen MR) is 69.0 cm³/mol. The van der Waals surface area contributed by atoms with Crippen LogP contribution in [0, 0.1) is 0 Å². The van der Waals surface area contributed by atoms with Gasteiger partial charge in [0, 0.05) is 24.1 Å². The molecule has 2 nitrogen and oxygen atoms in total. The molecule has 1 heterocycles. The molecule has 2 rings (SSSR count). The summed E-state index contributed by atoms with van der Waals surface area (Å²) < 4.78 is 5.34. The Kier molecular flexibility index (Phi) is 4.69. The standard InChI is InChI=1S/C13H19NOS/c1-2-15-9-8-14-12-7-10-16-13-6-4-3-5-11(12)13/h3-6,12,14H,2,7-10H2,1H3. The average Bonchev–Trinajstić information content (AvgIpc) is 2.35. The molecule has 0 fully saturated rings. The van der Waals surface area contributed by atoms with Gasteiger partial charge in [0.05, 0.1) is 6.61 Å². The third-order valence-corrected chi connectivity index (χ3v) is 3.92. The molecule has 1 aliphatic heterocycles. The SMILES string of the molecule is CCOCCNC1CCSc2ccccc21. The van der Waals surface area contributed by atoms with E-state index in [2.05, 4.69) is 29.6 Å². The van der Waals surface area contributed by atoms with Gasteiger partial charge >= 0.3 is 0 Å². The van der Waals surface area contributed by atoms with Gasteiger partial charge in [0.1, 0.15) is 0 Å². The van der Waals surface area contributed by atoms with Crippen molar-refractivity contribution in [3.63, 3.8) is 0 Å². The summed E-state index contributed by atoms with van der Waals surface area (Å²) in [6.07, 6.45) is 1.22. The minimum Gasteiger partial charge on any atom is -0.380 e. The molecule has 0 aliphatic carbocycles. The van der Waals surface area contributed by atoms with Gasteiger partial charge in [-0.1, -0.05) is 18.2 Å². The molecule has 0 radical (unpaired) electrons. The van der Waals surface area contributed by atoms with Gasteiger partial charge in [-0.15, -0.1) is 11.8 Å². The second-order valence-electron chi connectivity index (χ2n) is 3.88. The van der Waals surface area contributed by atoms with Gasteiger partial charge in [-0.05, 0) is 30.7 Å². The van der Waals surface area contributed by atoms with E-state index in [0.29, 0.717) is 6.04 Å². The van der Waals surface area contributed by atoms with Crippen LogP contribution in [0.4, 0.5) is 0 Å². The smallest absolute Gasteiger partial charge is 0.0590 e. The Balaban J connectivity index is 1.91. The quantitative estimate of drug-likeness (QED) is 0.796. The second-order valence-corrected chi connectivity index (χ2v) is 5.02. The largest absolute Gasteiger partial charge is 0.380 e. The highest BCUT2D eigenvalue weighted by molar-refractivity contribution is 7.99. The molecular weight excluding hydrogens is 218 g/mol. The van der Waals surface area contributed by atoms with Crippen molar-refractivity contribution in [2.24, 2.45) is 0 Å². The fourth-order valence-corrected chi connectivity index (χ4v) is 3.13. The minimum absolute atomic E-state index is 0.512. The summed E-state index contributed by atoms with van der Waals surface area (Å²) in [5.41, 5.74) is 1.45. The summed E-state index contributed by atoms with van der Waals surface area (Å²) in [6, 6.07) is 9.21. The minimum atomic E-state index is 0.512. The number of rotatable bonds is 5. The first-order valence-electron chi connectivity index (χ1n) is 5.94. The first-order valence-corrected chi connectivity index (χ1v) is 6.93. The summed E-state index contributed by atoms with van der Waals surface area (Å²) in [5.74, 6) is 1.21. The van der Waals surface area contributed by atoms with Crippen LogP contribution in [0.25, 0.3) is 0 Å². The molecule has 1 aliphatic rings. The number of hydrogen-bond donors (Lipinski definition) is 1. The maximum absolute atomic E-state index is 5.34. The molecule has 0 aromatic heterocycles. The van der Waals surface area contributed by atoms with E-state index in [0.717, 1.165) is 19.8 Å². The van der Waals surface area contributed by atoms with Crippen LogP contribution in [-0.2, 0) is 4.74 Å². The van der Waals surface area contributed by atoms with Crippen molar-refractivity contribution < 1.29 is 4.74 Å². The monoisotopic (exact) mass is 237 g/mol. The highest BCUT2D eigenvalue weighted by Crippen LogP contribution is 2.35. The summed E-state index contributed by atoms with van der Waals surface area (Å²) in [4.78, 5) is 1.43. The van der Waals surface area contributed by atoms with Crippen LogP contribution >= 0.6 is 11.8 Å². The van der Waals surface area contributed by atoms with E-state index in [1.807, 2.05) is 18.7 Å². The molecule has 0 saturated carbocycles. The maximum atomic E-state index is 5.34. The van der Waals surface area contributed by atoms with Crippen molar-refractivity contribution in [2.75, 3.05) is 25.5 Å². The van der Waals surface area contributed by atoms with Gasteiger partial charge in [0.2, 0.25) is 0 Å². The Bertz CT molecular complexity index is 329. The third kappa shape index (κ3) is 3.00. The van der Waals surface area contributed by atoms with Crippen LogP contribution in [0.2, 0.25) is 0 Å². The molecule has 88 valence electrons. The molecule has 1 aromatic rings. The lowest BCUT2D eigenvalue weighted by Crippen LogP contribution is -2.27. The highest BCUT2D eigenvalue weighted by Gasteiger charge is 2.19. The molecule has 1 N–H and O–H groups in total. The van der Waals surface area contributed by atoms with Gasteiger partial charge in [0.15, 0.2) is 0 Å². The summed E-state index contributed by atoms with van der Waals surface area (Å²) >= 11 is 1.96. The molecule has 1 atom stereocenters. The lowest BCUT2D eigenvalue weighted by molar-refractivity contribution is 0.146.